The van der Waals surface area contributed by atoms with Crippen molar-refractivity contribution in [3.8, 4) is 0 Å². The van der Waals surface area contributed by atoms with Crippen LogP contribution in [-0.2, 0) is 4.79 Å². The summed E-state index contributed by atoms with van der Waals surface area (Å²) < 4.78 is 0. The molecule has 2 aromatic rings. The van der Waals surface area contributed by atoms with Crippen LogP contribution < -0.4 is 16.0 Å². The summed E-state index contributed by atoms with van der Waals surface area (Å²) in [4.78, 5) is 23.2. The second-order valence-corrected chi connectivity index (χ2v) is 6.05. The van der Waals surface area contributed by atoms with Crippen molar-refractivity contribution < 1.29 is 9.59 Å². The maximum atomic E-state index is 12.2. The molecule has 0 aromatic heterocycles. The van der Waals surface area contributed by atoms with E-state index in [0.29, 0.717) is 16.4 Å². The summed E-state index contributed by atoms with van der Waals surface area (Å²) in [6.07, 6.45) is 0. The number of benzene rings is 2. The van der Waals surface area contributed by atoms with Gasteiger partial charge in [-0.2, -0.15) is 0 Å². The lowest BCUT2D eigenvalue weighted by Crippen LogP contribution is -2.34. The molecular weight excluding hydrogens is 369 g/mol. The predicted molar refractivity (Wildman–Crippen MR) is 101 cm³/mol. The van der Waals surface area contributed by atoms with Gasteiger partial charge in [-0.05, 0) is 48.6 Å². The third-order valence-corrected chi connectivity index (χ3v) is 3.60. The van der Waals surface area contributed by atoms with Crippen LogP contribution in [-0.4, -0.2) is 16.9 Å². The van der Waals surface area contributed by atoms with Crippen molar-refractivity contribution in [3.05, 3.63) is 58.1 Å². The summed E-state index contributed by atoms with van der Waals surface area (Å²) in [7, 11) is 0. The van der Waals surface area contributed by atoms with Crippen LogP contribution in [0, 0.1) is 0 Å². The fourth-order valence-electron chi connectivity index (χ4n) is 1.88. The SMILES string of the molecule is CC(=O)Nc1cccc(NC(=S)NC(=O)c2ccc(Cl)cc2Cl)c1. The Morgan fingerprint density at radius 1 is 1.00 bits per heavy atom. The molecule has 0 aliphatic carbocycles. The van der Waals surface area contributed by atoms with Crippen molar-refractivity contribution in [1.82, 2.24) is 5.32 Å². The molecule has 2 aromatic carbocycles. The quantitative estimate of drug-likeness (QED) is 0.700. The number of hydrogen-bond donors (Lipinski definition) is 3. The number of rotatable bonds is 3. The highest BCUT2D eigenvalue weighted by Crippen LogP contribution is 2.21. The van der Waals surface area contributed by atoms with Crippen molar-refractivity contribution in [2.75, 3.05) is 10.6 Å². The summed E-state index contributed by atoms with van der Waals surface area (Å²) in [5.74, 6) is -0.632. The van der Waals surface area contributed by atoms with Crippen LogP contribution in [0.5, 0.6) is 0 Å². The number of amides is 2. The van der Waals surface area contributed by atoms with Crippen molar-refractivity contribution in [3.63, 3.8) is 0 Å². The molecule has 0 radical (unpaired) electrons. The number of nitrogens with one attached hydrogen (secondary N) is 3. The molecule has 0 saturated heterocycles. The van der Waals surface area contributed by atoms with E-state index in [2.05, 4.69) is 16.0 Å². The van der Waals surface area contributed by atoms with Crippen LogP contribution in [0.1, 0.15) is 17.3 Å². The Morgan fingerprint density at radius 3 is 2.29 bits per heavy atom. The van der Waals surface area contributed by atoms with Gasteiger partial charge in [0.05, 0.1) is 10.6 Å². The molecule has 3 N–H and O–H groups in total. The number of carbonyl (C=O) groups is 2. The van der Waals surface area contributed by atoms with E-state index in [9.17, 15) is 9.59 Å². The Hall–Kier alpha value is -2.15. The minimum absolute atomic E-state index is 0.103. The van der Waals surface area contributed by atoms with Gasteiger partial charge in [0, 0.05) is 23.3 Å². The topological polar surface area (TPSA) is 70.2 Å². The van der Waals surface area contributed by atoms with E-state index in [0.717, 1.165) is 0 Å². The van der Waals surface area contributed by atoms with Gasteiger partial charge in [0.2, 0.25) is 5.91 Å². The van der Waals surface area contributed by atoms with E-state index in [1.807, 2.05) is 0 Å². The van der Waals surface area contributed by atoms with Gasteiger partial charge in [-0.3, -0.25) is 14.9 Å². The lowest BCUT2D eigenvalue weighted by atomic mass is 10.2. The molecule has 0 unspecified atom stereocenters. The maximum Gasteiger partial charge on any atom is 0.258 e. The molecule has 8 heteroatoms. The molecule has 0 aliphatic rings. The lowest BCUT2D eigenvalue weighted by Gasteiger charge is -2.11. The highest BCUT2D eigenvalue weighted by atomic mass is 35.5. The Labute approximate surface area is 154 Å². The first-order valence-electron chi connectivity index (χ1n) is 6.80. The zero-order chi connectivity index (χ0) is 17.7. The van der Waals surface area contributed by atoms with E-state index in [1.54, 1.807) is 30.3 Å². The first-order chi connectivity index (χ1) is 11.3. The summed E-state index contributed by atoms with van der Waals surface area (Å²) in [5.41, 5.74) is 1.49. The smallest absolute Gasteiger partial charge is 0.258 e. The third-order valence-electron chi connectivity index (χ3n) is 2.84. The van der Waals surface area contributed by atoms with E-state index in [4.69, 9.17) is 35.4 Å². The second kappa shape index (κ2) is 8.10. The van der Waals surface area contributed by atoms with Gasteiger partial charge in [0.15, 0.2) is 5.11 Å². The number of halogens is 2. The minimum atomic E-state index is -0.452. The molecule has 0 spiro atoms. The van der Waals surface area contributed by atoms with Gasteiger partial charge < -0.3 is 10.6 Å². The van der Waals surface area contributed by atoms with Crippen LogP contribution in [0.15, 0.2) is 42.5 Å². The zero-order valence-corrected chi connectivity index (χ0v) is 14.9. The third kappa shape index (κ3) is 5.19. The van der Waals surface area contributed by atoms with Crippen LogP contribution in [0.4, 0.5) is 11.4 Å². The average molecular weight is 382 g/mol. The molecule has 2 amide bonds. The van der Waals surface area contributed by atoms with Crippen molar-refractivity contribution in [2.24, 2.45) is 0 Å². The monoisotopic (exact) mass is 381 g/mol. The number of carbonyl (C=O) groups excluding carboxylic acids is 2. The van der Waals surface area contributed by atoms with Gasteiger partial charge in [0.25, 0.3) is 5.91 Å². The molecule has 0 saturated carbocycles. The van der Waals surface area contributed by atoms with Crippen LogP contribution in [0.2, 0.25) is 10.0 Å². The first kappa shape index (κ1) is 18.2. The number of thiocarbonyl (C=S) groups is 1. The van der Waals surface area contributed by atoms with Gasteiger partial charge >= 0.3 is 0 Å². The van der Waals surface area contributed by atoms with Crippen molar-refractivity contribution in [2.45, 2.75) is 6.92 Å². The molecule has 24 heavy (non-hydrogen) atoms. The van der Waals surface area contributed by atoms with Crippen molar-refractivity contribution >= 4 is 63.7 Å². The Bertz CT molecular complexity index is 812. The summed E-state index contributed by atoms with van der Waals surface area (Å²) >= 11 is 16.9. The van der Waals surface area contributed by atoms with Crippen LogP contribution in [0.3, 0.4) is 0 Å². The molecule has 124 valence electrons. The van der Waals surface area contributed by atoms with Gasteiger partial charge in [-0.25, -0.2) is 0 Å². The summed E-state index contributed by atoms with van der Waals surface area (Å²) in [6, 6.07) is 11.5. The summed E-state index contributed by atoms with van der Waals surface area (Å²) in [6.45, 7) is 1.42. The molecule has 2 rings (SSSR count). The lowest BCUT2D eigenvalue weighted by molar-refractivity contribution is -0.114. The van der Waals surface area contributed by atoms with E-state index in [1.165, 1.54) is 19.1 Å². The molecular formula is C16H13Cl2N3O2S. The maximum absolute atomic E-state index is 12.2. The fraction of sp³-hybridized carbons (Fsp3) is 0.0625. The van der Waals surface area contributed by atoms with Crippen molar-refractivity contribution in [1.29, 1.82) is 0 Å². The van der Waals surface area contributed by atoms with E-state index in [-0.39, 0.29) is 21.6 Å². The van der Waals surface area contributed by atoms with E-state index >= 15 is 0 Å². The second-order valence-electron chi connectivity index (χ2n) is 4.79. The molecule has 0 heterocycles. The fourth-order valence-corrected chi connectivity index (χ4v) is 2.59. The van der Waals surface area contributed by atoms with Gasteiger partial charge in [-0.15, -0.1) is 0 Å². The van der Waals surface area contributed by atoms with Crippen LogP contribution in [0.25, 0.3) is 0 Å². The van der Waals surface area contributed by atoms with Gasteiger partial charge in [0.1, 0.15) is 0 Å². The molecule has 0 fully saturated rings. The first-order valence-corrected chi connectivity index (χ1v) is 7.96. The predicted octanol–water partition coefficient (Wildman–Crippen LogP) is 4.08. The molecule has 5 nitrogen and oxygen atoms in total. The molecule has 0 bridgehead atoms. The highest BCUT2D eigenvalue weighted by Gasteiger charge is 2.12. The Balaban J connectivity index is 2.02. The molecule has 0 atom stereocenters. The zero-order valence-electron chi connectivity index (χ0n) is 12.5. The van der Waals surface area contributed by atoms with Gasteiger partial charge in [-0.1, -0.05) is 29.3 Å². The van der Waals surface area contributed by atoms with Crippen LogP contribution >= 0.6 is 35.4 Å². The normalized spacial score (nSPS) is 9.96. The Kier molecular flexibility index (Phi) is 6.14. The molecule has 0 aliphatic heterocycles. The Morgan fingerprint density at radius 2 is 1.67 bits per heavy atom. The minimum Gasteiger partial charge on any atom is -0.332 e. The van der Waals surface area contributed by atoms with E-state index < -0.39 is 5.91 Å². The summed E-state index contributed by atoms with van der Waals surface area (Å²) in [5, 5.41) is 8.83. The largest absolute Gasteiger partial charge is 0.332 e. The number of anilines is 2. The average Bonchev–Trinajstić information content (AvgIpc) is 2.46. The standard InChI is InChI=1S/C16H13Cl2N3O2S/c1-9(22)19-11-3-2-4-12(8-11)20-16(24)21-15(23)13-6-5-10(17)7-14(13)18/h2-8H,1H3,(H,19,22)(H2,20,21,23,24). The highest BCUT2D eigenvalue weighted by molar-refractivity contribution is 7.80. The number of hydrogen-bond acceptors (Lipinski definition) is 3.